The van der Waals surface area contributed by atoms with E-state index in [-0.39, 0.29) is 17.9 Å². The van der Waals surface area contributed by atoms with Crippen molar-refractivity contribution in [2.45, 2.75) is 38.8 Å². The Hall–Kier alpha value is -3.81. The maximum absolute atomic E-state index is 13.1. The first-order valence-electron chi connectivity index (χ1n) is 11.0. The van der Waals surface area contributed by atoms with Crippen LogP contribution in [0.25, 0.3) is 0 Å². The van der Waals surface area contributed by atoms with Crippen LogP contribution in [0, 0.1) is 6.92 Å². The number of pyridine rings is 1. The molecule has 0 saturated carbocycles. The Morgan fingerprint density at radius 2 is 2.06 bits per heavy atom. The lowest BCUT2D eigenvalue weighted by Crippen LogP contribution is -2.39. The molecule has 33 heavy (non-hydrogen) atoms. The molecule has 0 aliphatic carbocycles. The van der Waals surface area contributed by atoms with Crippen molar-refractivity contribution in [3.8, 4) is 5.75 Å². The van der Waals surface area contributed by atoms with Crippen molar-refractivity contribution in [2.75, 3.05) is 13.7 Å². The van der Waals surface area contributed by atoms with Crippen molar-refractivity contribution < 1.29 is 14.3 Å². The average molecular weight is 446 g/mol. The monoisotopic (exact) mass is 445 g/mol. The van der Waals surface area contributed by atoms with E-state index in [4.69, 9.17) is 4.74 Å². The summed E-state index contributed by atoms with van der Waals surface area (Å²) in [6.45, 7) is 2.80. The summed E-state index contributed by atoms with van der Waals surface area (Å²) in [4.78, 5) is 40.8. The summed E-state index contributed by atoms with van der Waals surface area (Å²) in [6, 6.07) is 10.8. The van der Waals surface area contributed by atoms with E-state index in [2.05, 4.69) is 20.3 Å². The summed E-state index contributed by atoms with van der Waals surface area (Å²) in [7, 11) is 1.61. The fraction of sp³-hybridized carbons (Fsp3) is 0.320. The van der Waals surface area contributed by atoms with Crippen LogP contribution >= 0.6 is 0 Å². The van der Waals surface area contributed by atoms with Crippen LogP contribution in [0.2, 0.25) is 0 Å². The molecule has 1 aliphatic heterocycles. The number of aryl methyl sites for hydroxylation is 1. The van der Waals surface area contributed by atoms with Gasteiger partial charge in [-0.05, 0) is 56.0 Å². The number of nitrogens with one attached hydrogen (secondary N) is 1. The molecule has 1 aliphatic rings. The normalized spacial score (nSPS) is 15.7. The topological polar surface area (TPSA) is 97.3 Å². The highest BCUT2D eigenvalue weighted by molar-refractivity contribution is 5.95. The maximum Gasteiger partial charge on any atom is 0.256 e. The maximum atomic E-state index is 13.1. The molecule has 8 heteroatoms. The molecular formula is C25H27N5O3. The van der Waals surface area contributed by atoms with Gasteiger partial charge in [-0.15, -0.1) is 0 Å². The van der Waals surface area contributed by atoms with Gasteiger partial charge < -0.3 is 15.0 Å². The summed E-state index contributed by atoms with van der Waals surface area (Å²) in [5.41, 5.74) is 2.49. The molecule has 4 rings (SSSR count). The van der Waals surface area contributed by atoms with Crippen LogP contribution in [0.4, 0.5) is 0 Å². The third kappa shape index (κ3) is 5.16. The number of rotatable bonds is 6. The lowest BCUT2D eigenvalue weighted by Gasteiger charge is -2.34. The number of methoxy groups -OCH3 is 1. The third-order valence-corrected chi connectivity index (χ3v) is 5.80. The van der Waals surface area contributed by atoms with Crippen LogP contribution in [0.1, 0.15) is 63.1 Å². The van der Waals surface area contributed by atoms with Gasteiger partial charge in [0, 0.05) is 31.7 Å². The lowest BCUT2D eigenvalue weighted by molar-refractivity contribution is 0.0598. The van der Waals surface area contributed by atoms with E-state index < -0.39 is 0 Å². The number of ether oxygens (including phenoxy) is 1. The molecule has 0 unspecified atom stereocenters. The molecular weight excluding hydrogens is 418 g/mol. The van der Waals surface area contributed by atoms with E-state index >= 15 is 0 Å². The van der Waals surface area contributed by atoms with E-state index in [1.807, 2.05) is 29.2 Å². The Morgan fingerprint density at radius 3 is 2.82 bits per heavy atom. The van der Waals surface area contributed by atoms with E-state index in [1.54, 1.807) is 44.8 Å². The van der Waals surface area contributed by atoms with Gasteiger partial charge >= 0.3 is 0 Å². The molecule has 1 saturated heterocycles. The number of amides is 2. The Morgan fingerprint density at radius 1 is 1.18 bits per heavy atom. The first-order valence-corrected chi connectivity index (χ1v) is 11.0. The van der Waals surface area contributed by atoms with E-state index in [0.29, 0.717) is 35.7 Å². The standard InChI is InChI=1S/C25H27N5O3/c1-17-21(24(31)28-14-18-7-5-9-20(13-18)33-2)16-27-23(29-17)22-10-3-4-12-30(22)25(32)19-8-6-11-26-15-19/h5-9,11,13,15-16,22H,3-4,10,12,14H2,1-2H3,(H,28,31)/t22-/m0/s1. The van der Waals surface area contributed by atoms with Crippen LogP contribution in [0.5, 0.6) is 5.75 Å². The first kappa shape index (κ1) is 22.4. The van der Waals surface area contributed by atoms with Gasteiger partial charge in [0.2, 0.25) is 0 Å². The summed E-state index contributed by atoms with van der Waals surface area (Å²) in [6.07, 6.45) is 7.50. The molecule has 1 atom stereocenters. The molecule has 3 aromatic rings. The van der Waals surface area contributed by atoms with Gasteiger partial charge in [-0.2, -0.15) is 0 Å². The number of hydrogen-bond acceptors (Lipinski definition) is 6. The van der Waals surface area contributed by atoms with E-state index in [0.717, 1.165) is 30.6 Å². The molecule has 0 bridgehead atoms. The number of aromatic nitrogens is 3. The molecule has 2 amide bonds. The van der Waals surface area contributed by atoms with Crippen LogP contribution < -0.4 is 10.1 Å². The molecule has 0 spiro atoms. The van der Waals surface area contributed by atoms with Gasteiger partial charge in [-0.3, -0.25) is 14.6 Å². The second-order valence-electron chi connectivity index (χ2n) is 8.01. The molecule has 170 valence electrons. The molecule has 3 heterocycles. The average Bonchev–Trinajstić information content (AvgIpc) is 2.87. The van der Waals surface area contributed by atoms with Crippen molar-refractivity contribution in [3.05, 3.63) is 83.2 Å². The fourth-order valence-corrected chi connectivity index (χ4v) is 4.03. The molecule has 0 radical (unpaired) electrons. The second-order valence-corrected chi connectivity index (χ2v) is 8.01. The van der Waals surface area contributed by atoms with Gasteiger partial charge in [-0.25, -0.2) is 9.97 Å². The highest BCUT2D eigenvalue weighted by Gasteiger charge is 2.31. The summed E-state index contributed by atoms with van der Waals surface area (Å²) >= 11 is 0. The Labute approximate surface area is 193 Å². The minimum Gasteiger partial charge on any atom is -0.497 e. The molecule has 1 N–H and O–H groups in total. The largest absolute Gasteiger partial charge is 0.497 e. The number of likely N-dealkylation sites (tertiary alicyclic amines) is 1. The Bertz CT molecular complexity index is 1140. The molecule has 1 fully saturated rings. The summed E-state index contributed by atoms with van der Waals surface area (Å²) in [5, 5.41) is 2.91. The minimum absolute atomic E-state index is 0.0749. The van der Waals surface area contributed by atoms with Crippen LogP contribution in [0.15, 0.2) is 55.0 Å². The molecule has 2 aromatic heterocycles. The number of hydrogen-bond donors (Lipinski definition) is 1. The number of nitrogens with zero attached hydrogens (tertiary/aromatic N) is 4. The van der Waals surface area contributed by atoms with E-state index in [9.17, 15) is 9.59 Å². The summed E-state index contributed by atoms with van der Waals surface area (Å²) < 4.78 is 5.23. The van der Waals surface area contributed by atoms with Crippen LogP contribution in [0.3, 0.4) is 0 Å². The second kappa shape index (κ2) is 10.2. The van der Waals surface area contributed by atoms with Gasteiger partial charge in [0.05, 0.1) is 30.0 Å². The highest BCUT2D eigenvalue weighted by Crippen LogP contribution is 2.30. The number of piperidine rings is 1. The van der Waals surface area contributed by atoms with Crippen molar-refractivity contribution >= 4 is 11.8 Å². The van der Waals surface area contributed by atoms with Gasteiger partial charge in [0.15, 0.2) is 5.82 Å². The van der Waals surface area contributed by atoms with E-state index in [1.165, 1.54) is 0 Å². The highest BCUT2D eigenvalue weighted by atomic mass is 16.5. The number of benzene rings is 1. The third-order valence-electron chi connectivity index (χ3n) is 5.80. The quantitative estimate of drug-likeness (QED) is 0.624. The van der Waals surface area contributed by atoms with Crippen LogP contribution in [-0.4, -0.2) is 45.3 Å². The molecule has 8 nitrogen and oxygen atoms in total. The predicted molar refractivity (Wildman–Crippen MR) is 123 cm³/mol. The van der Waals surface area contributed by atoms with Crippen molar-refractivity contribution in [1.82, 2.24) is 25.2 Å². The van der Waals surface area contributed by atoms with Crippen molar-refractivity contribution in [1.29, 1.82) is 0 Å². The molecule has 1 aromatic carbocycles. The van der Waals surface area contributed by atoms with Gasteiger partial charge in [-0.1, -0.05) is 12.1 Å². The zero-order valence-electron chi connectivity index (χ0n) is 18.8. The SMILES string of the molecule is COc1cccc(CNC(=O)c2cnc([C@@H]3CCCCN3C(=O)c3cccnc3)nc2C)c1. The zero-order chi connectivity index (χ0) is 23.2. The number of carbonyl (C=O) groups is 2. The van der Waals surface area contributed by atoms with Crippen LogP contribution in [-0.2, 0) is 6.54 Å². The Kier molecular flexibility index (Phi) is 6.92. The summed E-state index contributed by atoms with van der Waals surface area (Å²) in [5.74, 6) is 0.986. The van der Waals surface area contributed by atoms with Gasteiger partial charge in [0.1, 0.15) is 5.75 Å². The Balaban J connectivity index is 1.48. The first-order chi connectivity index (χ1) is 16.1. The minimum atomic E-state index is -0.242. The number of carbonyl (C=O) groups excluding carboxylic acids is 2. The van der Waals surface area contributed by atoms with Crippen molar-refractivity contribution in [3.63, 3.8) is 0 Å². The zero-order valence-corrected chi connectivity index (χ0v) is 18.8. The van der Waals surface area contributed by atoms with Gasteiger partial charge in [0.25, 0.3) is 11.8 Å². The fourth-order valence-electron chi connectivity index (χ4n) is 4.03. The predicted octanol–water partition coefficient (Wildman–Crippen LogP) is 3.49. The van der Waals surface area contributed by atoms with Crippen molar-refractivity contribution in [2.24, 2.45) is 0 Å². The smallest absolute Gasteiger partial charge is 0.256 e. The lowest BCUT2D eigenvalue weighted by atomic mass is 10.00.